The zero-order chi connectivity index (χ0) is 18.5. The number of rotatable bonds is 6. The molecule has 7 heteroatoms. The lowest BCUT2D eigenvalue weighted by atomic mass is 9.92. The van der Waals surface area contributed by atoms with Gasteiger partial charge in [-0.3, -0.25) is 0 Å². The molecule has 138 valence electrons. The van der Waals surface area contributed by atoms with Gasteiger partial charge in [0.1, 0.15) is 11.2 Å². The summed E-state index contributed by atoms with van der Waals surface area (Å²) < 4.78 is 5.21. The fourth-order valence-electron chi connectivity index (χ4n) is 3.45. The summed E-state index contributed by atoms with van der Waals surface area (Å²) >= 11 is 0. The minimum Gasteiger partial charge on any atom is -0.462 e. The Morgan fingerprint density at radius 3 is 3.19 bits per heavy atom. The van der Waals surface area contributed by atoms with Gasteiger partial charge in [-0.05, 0) is 31.9 Å². The average Bonchev–Trinajstić information content (AvgIpc) is 3.11. The summed E-state index contributed by atoms with van der Waals surface area (Å²) in [5.74, 6) is 0.0981. The van der Waals surface area contributed by atoms with Gasteiger partial charge in [0, 0.05) is 43.3 Å². The number of nitrogens with zero attached hydrogens (tertiary/aromatic N) is 3. The first-order valence-corrected chi connectivity index (χ1v) is 9.13. The number of pyridine rings is 1. The number of H-pyrrole nitrogens is 1. The van der Waals surface area contributed by atoms with Gasteiger partial charge in [-0.2, -0.15) is 5.26 Å². The topological polar surface area (TPSA) is 94.0 Å². The number of likely N-dealkylation sites (tertiary alicyclic amines) is 1. The third-order valence-corrected chi connectivity index (χ3v) is 4.99. The number of piperidine rings is 1. The molecule has 7 nitrogen and oxygen atoms in total. The van der Waals surface area contributed by atoms with Crippen LogP contribution in [0.2, 0.25) is 0 Å². The summed E-state index contributed by atoms with van der Waals surface area (Å²) in [5, 5.41) is 13.3. The van der Waals surface area contributed by atoms with Crippen molar-refractivity contribution in [2.24, 2.45) is 5.92 Å². The first-order valence-electron chi connectivity index (χ1n) is 9.13. The van der Waals surface area contributed by atoms with E-state index in [0.29, 0.717) is 24.5 Å². The zero-order valence-corrected chi connectivity index (χ0v) is 15.3. The fraction of sp³-hybridized carbons (Fsp3) is 0.526. The lowest BCUT2D eigenvalue weighted by Gasteiger charge is -2.38. The van der Waals surface area contributed by atoms with Crippen molar-refractivity contribution in [3.05, 3.63) is 24.0 Å². The number of carbonyl (C=O) groups is 1. The number of aromatic amines is 1. The Kier molecular flexibility index (Phi) is 5.74. The molecular formula is C19H25N5O2. The Bertz CT molecular complexity index is 810. The molecule has 2 N–H and O–H groups in total. The molecule has 0 unspecified atom stereocenters. The Morgan fingerprint density at radius 1 is 1.58 bits per heavy atom. The van der Waals surface area contributed by atoms with E-state index < -0.39 is 0 Å². The summed E-state index contributed by atoms with van der Waals surface area (Å²) in [6, 6.07) is 4.33. The van der Waals surface area contributed by atoms with E-state index in [4.69, 9.17) is 10.00 Å². The van der Waals surface area contributed by atoms with Crippen LogP contribution in [0.15, 0.2) is 18.5 Å². The van der Waals surface area contributed by atoms with Crippen LogP contribution in [0, 0.1) is 17.2 Å². The van der Waals surface area contributed by atoms with Gasteiger partial charge in [-0.15, -0.1) is 0 Å². The first-order chi connectivity index (χ1) is 12.6. The molecule has 0 spiro atoms. The van der Waals surface area contributed by atoms with Gasteiger partial charge in [0.05, 0.1) is 18.4 Å². The predicted molar refractivity (Wildman–Crippen MR) is 99.9 cm³/mol. The molecule has 0 amide bonds. The quantitative estimate of drug-likeness (QED) is 0.774. The number of aromatic nitrogens is 2. The number of ether oxygens (including phenoxy) is 1. The van der Waals surface area contributed by atoms with E-state index in [1.165, 1.54) is 0 Å². The Labute approximate surface area is 153 Å². The van der Waals surface area contributed by atoms with Crippen molar-refractivity contribution >= 4 is 22.7 Å². The lowest BCUT2D eigenvalue weighted by Crippen LogP contribution is -2.47. The molecule has 3 heterocycles. The lowest BCUT2D eigenvalue weighted by molar-refractivity contribution is 0.0527. The van der Waals surface area contributed by atoms with E-state index in [2.05, 4.69) is 33.2 Å². The highest BCUT2D eigenvalue weighted by atomic mass is 16.5. The largest absolute Gasteiger partial charge is 0.462 e. The third-order valence-electron chi connectivity index (χ3n) is 4.99. The number of hydrogen-bond donors (Lipinski definition) is 2. The number of carbonyl (C=O) groups excluding carboxylic acids is 1. The van der Waals surface area contributed by atoms with Crippen LogP contribution in [0.1, 0.15) is 37.0 Å². The molecule has 1 aliphatic rings. The maximum atomic E-state index is 12.4. The summed E-state index contributed by atoms with van der Waals surface area (Å²) in [5.41, 5.74) is 1.97. The molecule has 2 aromatic rings. The molecule has 26 heavy (non-hydrogen) atoms. The highest BCUT2D eigenvalue weighted by molar-refractivity contribution is 6.04. The van der Waals surface area contributed by atoms with E-state index in [1.807, 2.05) is 12.3 Å². The van der Waals surface area contributed by atoms with Crippen LogP contribution in [0.25, 0.3) is 11.0 Å². The zero-order valence-electron chi connectivity index (χ0n) is 15.3. The molecule has 0 aromatic carbocycles. The van der Waals surface area contributed by atoms with Gasteiger partial charge in [0.15, 0.2) is 0 Å². The molecule has 0 bridgehead atoms. The maximum absolute atomic E-state index is 12.4. The van der Waals surface area contributed by atoms with Crippen LogP contribution in [0.4, 0.5) is 5.69 Å². The maximum Gasteiger partial charge on any atom is 0.341 e. The summed E-state index contributed by atoms with van der Waals surface area (Å²) in [6.07, 6.45) is 4.98. The van der Waals surface area contributed by atoms with Crippen LogP contribution in [-0.2, 0) is 4.74 Å². The Balaban J connectivity index is 1.88. The van der Waals surface area contributed by atoms with Gasteiger partial charge in [0.25, 0.3) is 0 Å². The predicted octanol–water partition coefficient (Wildman–Crippen LogP) is 2.78. The van der Waals surface area contributed by atoms with Crippen LogP contribution in [0.3, 0.4) is 0 Å². The van der Waals surface area contributed by atoms with E-state index in [-0.39, 0.29) is 12.0 Å². The summed E-state index contributed by atoms with van der Waals surface area (Å²) in [6.45, 7) is 6.97. The second-order valence-corrected chi connectivity index (χ2v) is 6.73. The second kappa shape index (κ2) is 8.19. The molecule has 1 saturated heterocycles. The molecule has 1 fully saturated rings. The van der Waals surface area contributed by atoms with Crippen molar-refractivity contribution < 1.29 is 9.53 Å². The third kappa shape index (κ3) is 3.81. The number of esters is 1. The van der Waals surface area contributed by atoms with E-state index in [9.17, 15) is 4.79 Å². The monoisotopic (exact) mass is 355 g/mol. The number of nitriles is 1. The molecule has 0 radical (unpaired) electrons. The van der Waals surface area contributed by atoms with Crippen LogP contribution < -0.4 is 5.32 Å². The highest BCUT2D eigenvalue weighted by Crippen LogP contribution is 2.29. The van der Waals surface area contributed by atoms with E-state index in [0.717, 1.165) is 42.8 Å². The molecule has 1 aliphatic heterocycles. The standard InChI is InChI=1S/C19H25N5O2/c1-3-26-19(25)15-11-22-18-14(5-8-21-18)17(15)23-16-12-24(9-4-7-20)10-6-13(16)2/h5,8,11,13,16H,3-4,6,9-10,12H2,1-2H3,(H2,21,22,23)/t13-,16+/m1/s1. The summed E-state index contributed by atoms with van der Waals surface area (Å²) in [4.78, 5) is 22.1. The van der Waals surface area contributed by atoms with E-state index in [1.54, 1.807) is 13.1 Å². The van der Waals surface area contributed by atoms with Crippen molar-refractivity contribution in [2.75, 3.05) is 31.6 Å². The molecule has 2 atom stereocenters. The molecule has 0 saturated carbocycles. The van der Waals surface area contributed by atoms with Crippen molar-refractivity contribution in [3.8, 4) is 6.07 Å². The molecule has 2 aromatic heterocycles. The molecule has 0 aliphatic carbocycles. The van der Waals surface area contributed by atoms with Gasteiger partial charge in [0.2, 0.25) is 0 Å². The normalized spacial score (nSPS) is 20.7. The van der Waals surface area contributed by atoms with Crippen molar-refractivity contribution in [2.45, 2.75) is 32.7 Å². The minimum absolute atomic E-state index is 0.191. The van der Waals surface area contributed by atoms with E-state index >= 15 is 0 Å². The summed E-state index contributed by atoms with van der Waals surface area (Å²) in [7, 11) is 0. The average molecular weight is 355 g/mol. The van der Waals surface area contributed by atoms with Crippen LogP contribution >= 0.6 is 0 Å². The Hall–Kier alpha value is -2.59. The smallest absolute Gasteiger partial charge is 0.341 e. The molecular weight excluding hydrogens is 330 g/mol. The minimum atomic E-state index is -0.365. The first kappa shape index (κ1) is 18.2. The van der Waals surface area contributed by atoms with Crippen LogP contribution in [-0.4, -0.2) is 53.1 Å². The molecule has 3 rings (SSSR count). The highest BCUT2D eigenvalue weighted by Gasteiger charge is 2.28. The number of fused-ring (bicyclic) bond motifs is 1. The number of anilines is 1. The number of hydrogen-bond acceptors (Lipinski definition) is 6. The second-order valence-electron chi connectivity index (χ2n) is 6.73. The Morgan fingerprint density at radius 2 is 2.42 bits per heavy atom. The van der Waals surface area contributed by atoms with Gasteiger partial charge < -0.3 is 19.9 Å². The van der Waals surface area contributed by atoms with Crippen molar-refractivity contribution in [1.29, 1.82) is 5.26 Å². The fourth-order valence-corrected chi connectivity index (χ4v) is 3.45. The van der Waals surface area contributed by atoms with Gasteiger partial charge in [-0.25, -0.2) is 9.78 Å². The van der Waals surface area contributed by atoms with Crippen LogP contribution in [0.5, 0.6) is 0 Å². The van der Waals surface area contributed by atoms with Crippen molar-refractivity contribution in [3.63, 3.8) is 0 Å². The SMILES string of the molecule is CCOC(=O)c1cnc2[nH]ccc2c1N[C@H]1CN(CCC#N)CC[C@H]1C. The van der Waals surface area contributed by atoms with Gasteiger partial charge >= 0.3 is 5.97 Å². The van der Waals surface area contributed by atoms with Crippen molar-refractivity contribution in [1.82, 2.24) is 14.9 Å². The number of nitrogens with one attached hydrogen (secondary N) is 2. The van der Waals surface area contributed by atoms with Gasteiger partial charge in [-0.1, -0.05) is 6.92 Å².